The monoisotopic (exact) mass is 474 g/mol. The summed E-state index contributed by atoms with van der Waals surface area (Å²) in [4.78, 5) is 35.3. The summed E-state index contributed by atoms with van der Waals surface area (Å²) in [7, 11) is 0. The minimum absolute atomic E-state index is 0.106. The highest BCUT2D eigenvalue weighted by molar-refractivity contribution is 5.90. The second-order valence-corrected chi connectivity index (χ2v) is 8.41. The number of likely N-dealkylation sites (tertiary alicyclic amines) is 1. The molecule has 34 heavy (non-hydrogen) atoms. The zero-order valence-electron chi connectivity index (χ0n) is 18.6. The molecule has 180 valence electrons. The number of alkyl halides is 3. The van der Waals surface area contributed by atoms with Crippen molar-refractivity contribution in [3.63, 3.8) is 0 Å². The van der Waals surface area contributed by atoms with Gasteiger partial charge in [-0.05, 0) is 56.2 Å². The Morgan fingerprint density at radius 2 is 1.91 bits per heavy atom. The van der Waals surface area contributed by atoms with Crippen molar-refractivity contribution >= 4 is 28.7 Å². The van der Waals surface area contributed by atoms with E-state index in [1.807, 2.05) is 24.3 Å². The number of benzene rings is 2. The van der Waals surface area contributed by atoms with E-state index in [0.29, 0.717) is 25.2 Å². The minimum atomic E-state index is -4.45. The van der Waals surface area contributed by atoms with Crippen molar-refractivity contribution in [2.75, 3.05) is 25.0 Å². The first-order chi connectivity index (χ1) is 16.2. The zero-order valence-corrected chi connectivity index (χ0v) is 18.6. The zero-order chi connectivity index (χ0) is 24.3. The highest BCUT2D eigenvalue weighted by Gasteiger charge is 2.45. The maximum atomic E-state index is 13.1. The number of amides is 2. The summed E-state index contributed by atoms with van der Waals surface area (Å²) >= 11 is 0. The molecule has 0 bridgehead atoms. The van der Waals surface area contributed by atoms with Crippen LogP contribution in [0.2, 0.25) is 0 Å². The van der Waals surface area contributed by atoms with Crippen molar-refractivity contribution in [3.8, 4) is 0 Å². The van der Waals surface area contributed by atoms with Gasteiger partial charge in [-0.1, -0.05) is 12.1 Å². The average molecular weight is 474 g/mol. The van der Waals surface area contributed by atoms with Crippen LogP contribution in [0.4, 0.5) is 23.7 Å². The van der Waals surface area contributed by atoms with Gasteiger partial charge in [0.05, 0.1) is 28.6 Å². The quantitative estimate of drug-likeness (QED) is 0.510. The number of carbonyl (C=O) groups excluding carboxylic acids is 2. The van der Waals surface area contributed by atoms with Crippen LogP contribution in [0.25, 0.3) is 11.0 Å². The lowest BCUT2D eigenvalue weighted by Crippen LogP contribution is -2.52. The fraction of sp³-hybridized carbons (Fsp3) is 0.375. The van der Waals surface area contributed by atoms with Gasteiger partial charge in [-0.15, -0.1) is 0 Å². The molecule has 7 nitrogen and oxygen atoms in total. The summed E-state index contributed by atoms with van der Waals surface area (Å²) in [6.07, 6.45) is -3.09. The Balaban J connectivity index is 1.53. The molecule has 0 aliphatic carbocycles. The van der Waals surface area contributed by atoms with Gasteiger partial charge in [-0.25, -0.2) is 9.78 Å². The summed E-state index contributed by atoms with van der Waals surface area (Å²) in [5.41, 5.74) is 0.0891. The van der Waals surface area contributed by atoms with Crippen LogP contribution in [0.1, 0.15) is 31.2 Å². The second-order valence-electron chi connectivity index (χ2n) is 8.41. The number of para-hydroxylation sites is 2. The number of anilines is 1. The average Bonchev–Trinajstić information content (AvgIpc) is 3.21. The van der Waals surface area contributed by atoms with E-state index in [9.17, 15) is 22.8 Å². The minimum Gasteiger partial charge on any atom is -0.466 e. The number of nitrogens with zero attached hydrogens (tertiary/aromatic N) is 2. The number of ether oxygens (including phenoxy) is 1. The van der Waals surface area contributed by atoms with Crippen molar-refractivity contribution < 1.29 is 27.5 Å². The van der Waals surface area contributed by atoms with Crippen LogP contribution < -0.4 is 5.32 Å². The van der Waals surface area contributed by atoms with Crippen molar-refractivity contribution in [2.24, 2.45) is 5.41 Å². The van der Waals surface area contributed by atoms with Gasteiger partial charge in [-0.2, -0.15) is 13.2 Å². The van der Waals surface area contributed by atoms with Gasteiger partial charge < -0.3 is 19.9 Å². The molecule has 2 aromatic carbocycles. The number of carbonyl (C=O) groups is 2. The Morgan fingerprint density at radius 1 is 1.18 bits per heavy atom. The smallest absolute Gasteiger partial charge is 0.416 e. The molecule has 3 aromatic rings. The van der Waals surface area contributed by atoms with Crippen molar-refractivity contribution in [1.82, 2.24) is 14.9 Å². The predicted octanol–water partition coefficient (Wildman–Crippen LogP) is 5.00. The number of urea groups is 1. The third-order valence-electron chi connectivity index (χ3n) is 5.98. The molecular formula is C24H25F3N4O3. The van der Waals surface area contributed by atoms with Crippen molar-refractivity contribution in [2.45, 2.75) is 32.4 Å². The largest absolute Gasteiger partial charge is 0.466 e. The number of aromatic amines is 1. The number of hydrogen-bond acceptors (Lipinski definition) is 4. The number of hydrogen-bond donors (Lipinski definition) is 2. The highest BCUT2D eigenvalue weighted by atomic mass is 19.4. The SMILES string of the molecule is CCOC(=O)C1(Cc2nc3ccccc3[nH]2)CCCN(C(=O)Nc2ccc(C(F)(F)F)cc2)C1. The number of imidazole rings is 1. The molecule has 0 saturated carbocycles. The summed E-state index contributed by atoms with van der Waals surface area (Å²) in [6, 6.07) is 11.3. The number of esters is 1. The summed E-state index contributed by atoms with van der Waals surface area (Å²) in [5.74, 6) is 0.224. The molecule has 2 amide bonds. The first-order valence-electron chi connectivity index (χ1n) is 11.0. The third kappa shape index (κ3) is 5.00. The number of fused-ring (bicyclic) bond motifs is 1. The Morgan fingerprint density at radius 3 is 2.59 bits per heavy atom. The summed E-state index contributed by atoms with van der Waals surface area (Å²) in [5, 5.41) is 2.63. The summed E-state index contributed by atoms with van der Waals surface area (Å²) < 4.78 is 43.8. The molecule has 0 radical (unpaired) electrons. The van der Waals surface area contributed by atoms with E-state index in [2.05, 4.69) is 15.3 Å². The Labute approximate surface area is 194 Å². The molecule has 1 aromatic heterocycles. The third-order valence-corrected chi connectivity index (χ3v) is 5.98. The van der Waals surface area contributed by atoms with Crippen LogP contribution in [0.15, 0.2) is 48.5 Å². The van der Waals surface area contributed by atoms with Gasteiger partial charge in [0.1, 0.15) is 5.82 Å². The van der Waals surface area contributed by atoms with Crippen molar-refractivity contribution in [1.29, 1.82) is 0 Å². The van der Waals surface area contributed by atoms with Crippen LogP contribution in [-0.2, 0) is 22.1 Å². The molecule has 4 rings (SSSR count). The molecule has 1 unspecified atom stereocenters. The molecule has 10 heteroatoms. The standard InChI is InChI=1S/C24H25F3N4O3/c1-2-34-21(32)23(14-20-29-18-6-3-4-7-19(18)30-20)12-5-13-31(15-23)22(33)28-17-10-8-16(9-11-17)24(25,26)27/h3-4,6-11H,2,5,12-15H2,1H3,(H,28,33)(H,29,30). The number of nitrogens with one attached hydrogen (secondary N) is 2. The Kier molecular flexibility index (Phi) is 6.49. The van der Waals surface area contributed by atoms with Gasteiger partial charge in [-0.3, -0.25) is 4.79 Å². The highest BCUT2D eigenvalue weighted by Crippen LogP contribution is 2.36. The fourth-order valence-corrected chi connectivity index (χ4v) is 4.33. The van der Waals surface area contributed by atoms with E-state index in [0.717, 1.165) is 23.2 Å². The van der Waals surface area contributed by atoms with E-state index >= 15 is 0 Å². The number of halogens is 3. The molecule has 1 fully saturated rings. The number of rotatable bonds is 5. The van der Waals surface area contributed by atoms with Gasteiger partial charge in [0.25, 0.3) is 0 Å². The molecule has 1 atom stereocenters. The number of aromatic nitrogens is 2. The molecule has 1 saturated heterocycles. The van der Waals surface area contributed by atoms with Crippen LogP contribution in [0, 0.1) is 5.41 Å². The molecular weight excluding hydrogens is 449 g/mol. The van der Waals surface area contributed by atoms with E-state index in [1.54, 1.807) is 6.92 Å². The lowest BCUT2D eigenvalue weighted by Gasteiger charge is -2.40. The topological polar surface area (TPSA) is 87.3 Å². The maximum absolute atomic E-state index is 13.1. The maximum Gasteiger partial charge on any atom is 0.416 e. The van der Waals surface area contributed by atoms with E-state index in [1.165, 1.54) is 17.0 Å². The van der Waals surface area contributed by atoms with Crippen molar-refractivity contribution in [3.05, 3.63) is 59.9 Å². The summed E-state index contributed by atoms with van der Waals surface area (Å²) in [6.45, 7) is 2.45. The second kappa shape index (κ2) is 9.36. The van der Waals surface area contributed by atoms with Crippen LogP contribution in [0.5, 0.6) is 0 Å². The van der Waals surface area contributed by atoms with Gasteiger partial charge in [0, 0.05) is 25.2 Å². The lowest BCUT2D eigenvalue weighted by molar-refractivity contribution is -0.158. The Bertz CT molecular complexity index is 1140. The molecule has 0 spiro atoms. The molecule has 2 heterocycles. The lowest BCUT2D eigenvalue weighted by atomic mass is 9.76. The Hall–Kier alpha value is -3.56. The normalized spacial score (nSPS) is 18.6. The molecule has 2 N–H and O–H groups in total. The number of H-pyrrole nitrogens is 1. The molecule has 1 aliphatic heterocycles. The van der Waals surface area contributed by atoms with E-state index in [-0.39, 0.29) is 25.3 Å². The van der Waals surface area contributed by atoms with Gasteiger partial charge in [0.2, 0.25) is 0 Å². The van der Waals surface area contributed by atoms with Gasteiger partial charge in [0.15, 0.2) is 0 Å². The first-order valence-corrected chi connectivity index (χ1v) is 11.0. The molecule has 1 aliphatic rings. The number of piperidine rings is 1. The predicted molar refractivity (Wildman–Crippen MR) is 120 cm³/mol. The first kappa shape index (κ1) is 23.6. The van der Waals surface area contributed by atoms with E-state index in [4.69, 9.17) is 4.74 Å². The van der Waals surface area contributed by atoms with Crippen LogP contribution >= 0.6 is 0 Å². The van der Waals surface area contributed by atoms with Crippen LogP contribution in [0.3, 0.4) is 0 Å². The van der Waals surface area contributed by atoms with Crippen LogP contribution in [-0.4, -0.2) is 46.6 Å². The van der Waals surface area contributed by atoms with Gasteiger partial charge >= 0.3 is 18.2 Å². The van der Waals surface area contributed by atoms with E-state index < -0.39 is 29.2 Å². The fourth-order valence-electron chi connectivity index (χ4n) is 4.33.